The Bertz CT molecular complexity index is 896. The van der Waals surface area contributed by atoms with Crippen LogP contribution in [0.25, 0.3) is 6.08 Å². The van der Waals surface area contributed by atoms with E-state index in [1.165, 1.54) is 29.3 Å². The third kappa shape index (κ3) is 3.61. The molecule has 8 heteroatoms. The number of nitro groups is 1. The van der Waals surface area contributed by atoms with Gasteiger partial charge in [0.2, 0.25) is 0 Å². The number of hydrogen-bond acceptors (Lipinski definition) is 6. The molecule has 0 atom stereocenters. The average molecular weight is 324 g/mol. The van der Waals surface area contributed by atoms with E-state index < -0.39 is 4.92 Å². The first-order valence-corrected chi connectivity index (χ1v) is 7.00. The van der Waals surface area contributed by atoms with E-state index >= 15 is 0 Å². The lowest BCUT2D eigenvalue weighted by atomic mass is 10.2. The average Bonchev–Trinajstić information content (AvgIpc) is 3.23. The first kappa shape index (κ1) is 15.3. The predicted octanol–water partition coefficient (Wildman–Crippen LogP) is 2.72. The number of furan rings is 1. The summed E-state index contributed by atoms with van der Waals surface area (Å²) in [4.78, 5) is 25.9. The van der Waals surface area contributed by atoms with Crippen molar-refractivity contribution in [1.82, 2.24) is 14.8 Å². The first-order valence-electron chi connectivity index (χ1n) is 7.00. The minimum atomic E-state index is -0.510. The lowest BCUT2D eigenvalue weighted by Gasteiger charge is -1.96. The van der Waals surface area contributed by atoms with Crippen LogP contribution in [0.2, 0.25) is 0 Å². The summed E-state index contributed by atoms with van der Waals surface area (Å²) >= 11 is 0. The van der Waals surface area contributed by atoms with Crippen molar-refractivity contribution in [3.63, 3.8) is 0 Å². The van der Waals surface area contributed by atoms with Crippen LogP contribution in [0.3, 0.4) is 0 Å². The number of aromatic nitrogens is 3. The molecule has 120 valence electrons. The SMILES string of the molecule is O=C(/C=C/c1ccc(Cn2cc([N+](=O)[O-])cn2)o1)c1cccnc1. The number of rotatable bonds is 6. The molecule has 0 bridgehead atoms. The van der Waals surface area contributed by atoms with Crippen LogP contribution < -0.4 is 0 Å². The first-order chi connectivity index (χ1) is 11.6. The second kappa shape index (κ2) is 6.69. The smallest absolute Gasteiger partial charge is 0.307 e. The molecule has 0 unspecified atom stereocenters. The number of carbonyl (C=O) groups is 1. The van der Waals surface area contributed by atoms with Gasteiger partial charge in [0.1, 0.15) is 23.9 Å². The zero-order valence-electron chi connectivity index (χ0n) is 12.4. The van der Waals surface area contributed by atoms with Crippen LogP contribution in [0, 0.1) is 10.1 Å². The van der Waals surface area contributed by atoms with Gasteiger partial charge in [0.25, 0.3) is 0 Å². The van der Waals surface area contributed by atoms with Crippen LogP contribution in [0.15, 0.2) is 59.5 Å². The second-order valence-corrected chi connectivity index (χ2v) is 4.90. The minimum absolute atomic E-state index is 0.0799. The monoisotopic (exact) mass is 324 g/mol. The van der Waals surface area contributed by atoms with Gasteiger partial charge in [0, 0.05) is 18.0 Å². The third-order valence-electron chi connectivity index (χ3n) is 3.18. The van der Waals surface area contributed by atoms with Crippen LogP contribution in [0.1, 0.15) is 21.9 Å². The van der Waals surface area contributed by atoms with Crippen molar-refractivity contribution in [3.8, 4) is 0 Å². The fourth-order valence-corrected chi connectivity index (χ4v) is 2.02. The van der Waals surface area contributed by atoms with Gasteiger partial charge in [-0.2, -0.15) is 5.10 Å². The van der Waals surface area contributed by atoms with E-state index in [0.717, 1.165) is 0 Å². The van der Waals surface area contributed by atoms with E-state index in [2.05, 4.69) is 10.1 Å². The molecule has 0 aromatic carbocycles. The summed E-state index contributed by atoms with van der Waals surface area (Å²) in [5.74, 6) is 0.897. The van der Waals surface area contributed by atoms with E-state index in [9.17, 15) is 14.9 Å². The Labute approximate surface area is 136 Å². The minimum Gasteiger partial charge on any atom is -0.460 e. The Hall–Kier alpha value is -3.55. The molecule has 0 fully saturated rings. The van der Waals surface area contributed by atoms with Crippen molar-refractivity contribution in [1.29, 1.82) is 0 Å². The van der Waals surface area contributed by atoms with Crippen molar-refractivity contribution in [2.24, 2.45) is 0 Å². The molecule has 0 aliphatic heterocycles. The van der Waals surface area contributed by atoms with E-state index in [1.54, 1.807) is 36.5 Å². The normalized spacial score (nSPS) is 11.0. The predicted molar refractivity (Wildman–Crippen MR) is 84.3 cm³/mol. The van der Waals surface area contributed by atoms with Gasteiger partial charge in [-0.15, -0.1) is 0 Å². The summed E-state index contributed by atoms with van der Waals surface area (Å²) in [6.07, 6.45) is 8.55. The third-order valence-corrected chi connectivity index (χ3v) is 3.18. The van der Waals surface area contributed by atoms with Crippen molar-refractivity contribution in [2.75, 3.05) is 0 Å². The lowest BCUT2D eigenvalue weighted by Crippen LogP contribution is -1.98. The fourth-order valence-electron chi connectivity index (χ4n) is 2.02. The summed E-state index contributed by atoms with van der Waals surface area (Å²) in [7, 11) is 0. The quantitative estimate of drug-likeness (QED) is 0.299. The zero-order valence-corrected chi connectivity index (χ0v) is 12.4. The molecule has 0 radical (unpaired) electrons. The molecule has 3 heterocycles. The number of carbonyl (C=O) groups excluding carboxylic acids is 1. The highest BCUT2D eigenvalue weighted by molar-refractivity contribution is 6.06. The van der Waals surface area contributed by atoms with Crippen molar-refractivity contribution >= 4 is 17.5 Å². The van der Waals surface area contributed by atoms with Crippen LogP contribution >= 0.6 is 0 Å². The van der Waals surface area contributed by atoms with Crippen molar-refractivity contribution in [2.45, 2.75) is 6.54 Å². The molecule has 8 nitrogen and oxygen atoms in total. The Balaban J connectivity index is 1.65. The Kier molecular flexibility index (Phi) is 4.28. The molecular weight excluding hydrogens is 312 g/mol. The molecule has 3 aromatic rings. The number of hydrogen-bond donors (Lipinski definition) is 0. The topological polar surface area (TPSA) is 104 Å². The van der Waals surface area contributed by atoms with Gasteiger partial charge in [-0.1, -0.05) is 0 Å². The van der Waals surface area contributed by atoms with Gasteiger partial charge in [0.15, 0.2) is 5.78 Å². The summed E-state index contributed by atoms with van der Waals surface area (Å²) in [5, 5.41) is 14.5. The highest BCUT2D eigenvalue weighted by atomic mass is 16.6. The molecule has 0 N–H and O–H groups in total. The van der Waals surface area contributed by atoms with E-state index in [4.69, 9.17) is 4.42 Å². The second-order valence-electron chi connectivity index (χ2n) is 4.90. The van der Waals surface area contributed by atoms with Gasteiger partial charge in [0.05, 0.1) is 11.5 Å². The molecule has 0 aliphatic carbocycles. The fraction of sp³-hybridized carbons (Fsp3) is 0.0625. The summed E-state index contributed by atoms with van der Waals surface area (Å²) in [6, 6.07) is 6.80. The summed E-state index contributed by atoms with van der Waals surface area (Å²) in [6.45, 7) is 0.262. The molecular formula is C16H12N4O4. The molecule has 0 spiro atoms. The van der Waals surface area contributed by atoms with Gasteiger partial charge in [-0.25, -0.2) is 0 Å². The Morgan fingerprint density at radius 3 is 2.92 bits per heavy atom. The number of allylic oxidation sites excluding steroid dienone is 1. The Morgan fingerprint density at radius 1 is 1.33 bits per heavy atom. The molecule has 0 amide bonds. The molecule has 3 aromatic heterocycles. The number of nitrogens with zero attached hydrogens (tertiary/aromatic N) is 4. The largest absolute Gasteiger partial charge is 0.460 e. The van der Waals surface area contributed by atoms with Crippen LogP contribution in [0.5, 0.6) is 0 Å². The molecule has 24 heavy (non-hydrogen) atoms. The molecule has 3 rings (SSSR count). The van der Waals surface area contributed by atoms with Gasteiger partial charge in [-0.3, -0.25) is 24.6 Å². The van der Waals surface area contributed by atoms with Gasteiger partial charge < -0.3 is 4.42 Å². The molecule has 0 saturated heterocycles. The number of pyridine rings is 1. The van der Waals surface area contributed by atoms with Crippen LogP contribution in [0.4, 0.5) is 5.69 Å². The van der Waals surface area contributed by atoms with E-state index in [1.807, 2.05) is 0 Å². The maximum Gasteiger partial charge on any atom is 0.307 e. The van der Waals surface area contributed by atoms with Crippen molar-refractivity contribution < 1.29 is 14.1 Å². The lowest BCUT2D eigenvalue weighted by molar-refractivity contribution is -0.385. The highest BCUT2D eigenvalue weighted by Gasteiger charge is 2.10. The van der Waals surface area contributed by atoms with Crippen LogP contribution in [-0.2, 0) is 6.54 Å². The van der Waals surface area contributed by atoms with Gasteiger partial charge in [-0.05, 0) is 36.4 Å². The molecule has 0 aliphatic rings. The summed E-state index contributed by atoms with van der Waals surface area (Å²) < 4.78 is 6.97. The Morgan fingerprint density at radius 2 is 2.21 bits per heavy atom. The van der Waals surface area contributed by atoms with E-state index in [0.29, 0.717) is 17.1 Å². The zero-order chi connectivity index (χ0) is 16.9. The standard InChI is InChI=1S/C16H12N4O4/c21-16(12-2-1-7-17-8-12)6-5-14-3-4-15(24-14)11-19-10-13(9-18-19)20(22)23/h1-10H,11H2/b6-5+. The highest BCUT2D eigenvalue weighted by Crippen LogP contribution is 2.14. The molecule has 0 saturated carbocycles. The number of ketones is 1. The van der Waals surface area contributed by atoms with E-state index in [-0.39, 0.29) is 18.0 Å². The maximum absolute atomic E-state index is 11.9. The van der Waals surface area contributed by atoms with Crippen molar-refractivity contribution in [3.05, 3.63) is 82.3 Å². The summed E-state index contributed by atoms with van der Waals surface area (Å²) in [5.41, 5.74) is 0.410. The van der Waals surface area contributed by atoms with Crippen LogP contribution in [-0.4, -0.2) is 25.5 Å². The maximum atomic E-state index is 11.9. The van der Waals surface area contributed by atoms with Gasteiger partial charge >= 0.3 is 5.69 Å².